The lowest BCUT2D eigenvalue weighted by Gasteiger charge is -2.02. The monoisotopic (exact) mass is 283 g/mol. The first-order valence-electron chi connectivity index (χ1n) is 5.58. The molecule has 1 amide bonds. The molecule has 4 nitrogen and oxygen atoms in total. The van der Waals surface area contributed by atoms with Crippen LogP contribution in [0, 0.1) is 18.6 Å². The van der Waals surface area contributed by atoms with Crippen LogP contribution >= 0.6 is 11.3 Å². The number of nitrogens with one attached hydrogen (secondary N) is 1. The predicted molar refractivity (Wildman–Crippen MR) is 68.0 cm³/mol. The summed E-state index contributed by atoms with van der Waals surface area (Å²) in [4.78, 5) is 11.6. The number of amides is 1. The van der Waals surface area contributed by atoms with Gasteiger partial charge in [-0.2, -0.15) is 0 Å². The Kier molecular flexibility index (Phi) is 4.16. The molecule has 0 aliphatic rings. The molecule has 0 aliphatic heterocycles. The number of benzene rings is 1. The van der Waals surface area contributed by atoms with Crippen LogP contribution in [0.15, 0.2) is 18.2 Å². The number of hydrogen-bond acceptors (Lipinski definition) is 4. The zero-order chi connectivity index (χ0) is 13.8. The second-order valence-electron chi connectivity index (χ2n) is 3.92. The molecule has 0 aliphatic carbocycles. The Morgan fingerprint density at radius 3 is 2.74 bits per heavy atom. The van der Waals surface area contributed by atoms with E-state index in [1.165, 1.54) is 17.4 Å². The lowest BCUT2D eigenvalue weighted by Crippen LogP contribution is -2.12. The van der Waals surface area contributed by atoms with E-state index in [-0.39, 0.29) is 12.3 Å². The smallest absolute Gasteiger partial charge is 0.226 e. The minimum atomic E-state index is -0.905. The molecule has 0 radical (unpaired) electrons. The highest BCUT2D eigenvalue weighted by molar-refractivity contribution is 7.15. The number of carbonyl (C=O) groups excluding carboxylic acids is 1. The molecule has 1 aromatic heterocycles. The Morgan fingerprint density at radius 2 is 2.11 bits per heavy atom. The highest BCUT2D eigenvalue weighted by Crippen LogP contribution is 2.15. The summed E-state index contributed by atoms with van der Waals surface area (Å²) in [5.74, 6) is -2.03. The van der Waals surface area contributed by atoms with Crippen LogP contribution in [0.1, 0.15) is 17.0 Å². The van der Waals surface area contributed by atoms with Gasteiger partial charge in [-0.05, 0) is 31.0 Å². The molecule has 100 valence electrons. The lowest BCUT2D eigenvalue weighted by atomic mass is 10.1. The van der Waals surface area contributed by atoms with Gasteiger partial charge in [0.15, 0.2) is 11.6 Å². The van der Waals surface area contributed by atoms with Gasteiger partial charge >= 0.3 is 0 Å². The maximum absolute atomic E-state index is 13.0. The number of nitrogens with zero attached hydrogens (tertiary/aromatic N) is 2. The number of hydrogen-bond donors (Lipinski definition) is 1. The summed E-state index contributed by atoms with van der Waals surface area (Å²) in [7, 11) is 0. The zero-order valence-electron chi connectivity index (χ0n) is 10.1. The molecule has 0 saturated carbocycles. The molecular weight excluding hydrogens is 272 g/mol. The number of halogens is 2. The fraction of sp³-hybridized carbons (Fsp3) is 0.250. The summed E-state index contributed by atoms with van der Waals surface area (Å²) >= 11 is 1.28. The Hall–Kier alpha value is -1.89. The van der Waals surface area contributed by atoms with E-state index in [4.69, 9.17) is 0 Å². The molecule has 1 N–H and O–H groups in total. The van der Waals surface area contributed by atoms with Crippen molar-refractivity contribution >= 4 is 22.4 Å². The van der Waals surface area contributed by atoms with Crippen LogP contribution in [0.2, 0.25) is 0 Å². The molecule has 0 atom stereocenters. The van der Waals surface area contributed by atoms with Gasteiger partial charge in [-0.25, -0.2) is 8.78 Å². The summed E-state index contributed by atoms with van der Waals surface area (Å²) in [6, 6.07) is 3.61. The lowest BCUT2D eigenvalue weighted by molar-refractivity contribution is -0.116. The number of carbonyl (C=O) groups is 1. The standard InChI is InChI=1S/C12H11F2N3OS/c1-7-16-17-12(19-7)15-11(18)5-3-8-2-4-9(13)10(14)6-8/h2,4,6H,3,5H2,1H3,(H,15,17,18). The van der Waals surface area contributed by atoms with Crippen molar-refractivity contribution in [2.45, 2.75) is 19.8 Å². The Labute approximate surface area is 112 Å². The van der Waals surface area contributed by atoms with Gasteiger partial charge in [-0.15, -0.1) is 10.2 Å². The van der Waals surface area contributed by atoms with Crippen LogP contribution in [0.5, 0.6) is 0 Å². The van der Waals surface area contributed by atoms with Gasteiger partial charge in [0.05, 0.1) is 0 Å². The van der Waals surface area contributed by atoms with E-state index in [1.807, 2.05) is 0 Å². The largest absolute Gasteiger partial charge is 0.301 e. The van der Waals surface area contributed by atoms with E-state index in [1.54, 1.807) is 6.92 Å². The van der Waals surface area contributed by atoms with Gasteiger partial charge in [0, 0.05) is 6.42 Å². The first kappa shape index (κ1) is 13.5. The minimum absolute atomic E-state index is 0.170. The molecule has 1 heterocycles. The van der Waals surface area contributed by atoms with E-state index >= 15 is 0 Å². The third-order valence-electron chi connectivity index (χ3n) is 2.40. The summed E-state index contributed by atoms with van der Waals surface area (Å²) in [6.07, 6.45) is 0.504. The van der Waals surface area contributed by atoms with Crippen molar-refractivity contribution in [3.63, 3.8) is 0 Å². The van der Waals surface area contributed by atoms with Gasteiger partial charge in [0.25, 0.3) is 0 Å². The van der Waals surface area contributed by atoms with E-state index in [0.29, 0.717) is 17.1 Å². The van der Waals surface area contributed by atoms with Crippen LogP contribution in [-0.2, 0) is 11.2 Å². The second-order valence-corrected chi connectivity index (χ2v) is 5.10. The zero-order valence-corrected chi connectivity index (χ0v) is 10.9. The maximum atomic E-state index is 13.0. The van der Waals surface area contributed by atoms with E-state index in [2.05, 4.69) is 15.5 Å². The molecule has 19 heavy (non-hydrogen) atoms. The van der Waals surface area contributed by atoms with Gasteiger partial charge in [-0.1, -0.05) is 17.4 Å². The van der Waals surface area contributed by atoms with Crippen molar-refractivity contribution < 1.29 is 13.6 Å². The summed E-state index contributed by atoms with van der Waals surface area (Å²) in [6.45, 7) is 1.79. The fourth-order valence-corrected chi connectivity index (χ4v) is 2.09. The summed E-state index contributed by atoms with van der Waals surface area (Å²) in [5, 5.41) is 11.3. The average molecular weight is 283 g/mol. The highest BCUT2D eigenvalue weighted by atomic mass is 32.1. The van der Waals surface area contributed by atoms with Gasteiger partial charge in [-0.3, -0.25) is 4.79 Å². The predicted octanol–water partition coefficient (Wildman–Crippen LogP) is 2.70. The van der Waals surface area contributed by atoms with E-state index < -0.39 is 11.6 Å². The fourth-order valence-electron chi connectivity index (χ4n) is 1.48. The molecule has 2 rings (SSSR count). The Morgan fingerprint density at radius 1 is 1.32 bits per heavy atom. The third kappa shape index (κ3) is 3.78. The molecule has 0 fully saturated rings. The van der Waals surface area contributed by atoms with Crippen molar-refractivity contribution in [2.75, 3.05) is 5.32 Å². The van der Waals surface area contributed by atoms with Crippen molar-refractivity contribution in [1.29, 1.82) is 0 Å². The van der Waals surface area contributed by atoms with Crippen LogP contribution in [0.4, 0.5) is 13.9 Å². The van der Waals surface area contributed by atoms with Gasteiger partial charge in [0.1, 0.15) is 5.01 Å². The minimum Gasteiger partial charge on any atom is -0.301 e. The molecule has 7 heteroatoms. The van der Waals surface area contributed by atoms with E-state index in [9.17, 15) is 13.6 Å². The molecule has 0 bridgehead atoms. The Balaban J connectivity index is 1.88. The summed E-state index contributed by atoms with van der Waals surface area (Å²) in [5.41, 5.74) is 0.572. The quantitative estimate of drug-likeness (QED) is 0.938. The molecule has 2 aromatic rings. The first-order valence-corrected chi connectivity index (χ1v) is 6.40. The second kappa shape index (κ2) is 5.83. The van der Waals surface area contributed by atoms with E-state index in [0.717, 1.165) is 17.1 Å². The highest BCUT2D eigenvalue weighted by Gasteiger charge is 2.08. The number of aryl methyl sites for hydroxylation is 2. The summed E-state index contributed by atoms with van der Waals surface area (Å²) < 4.78 is 25.7. The van der Waals surface area contributed by atoms with Crippen LogP contribution in [-0.4, -0.2) is 16.1 Å². The van der Waals surface area contributed by atoms with Crippen molar-refractivity contribution in [2.24, 2.45) is 0 Å². The van der Waals surface area contributed by atoms with Crippen molar-refractivity contribution in [3.05, 3.63) is 40.4 Å². The molecule has 0 spiro atoms. The number of rotatable bonds is 4. The van der Waals surface area contributed by atoms with Crippen molar-refractivity contribution in [1.82, 2.24) is 10.2 Å². The topological polar surface area (TPSA) is 54.9 Å². The maximum Gasteiger partial charge on any atom is 0.226 e. The molecule has 0 saturated heterocycles. The third-order valence-corrected chi connectivity index (χ3v) is 3.15. The number of aromatic nitrogens is 2. The molecular formula is C12H11F2N3OS. The van der Waals surface area contributed by atoms with Gasteiger partial charge < -0.3 is 5.32 Å². The SMILES string of the molecule is Cc1nnc(NC(=O)CCc2ccc(F)c(F)c2)s1. The van der Waals surface area contributed by atoms with Crippen LogP contribution in [0.25, 0.3) is 0 Å². The average Bonchev–Trinajstić information content (AvgIpc) is 2.76. The van der Waals surface area contributed by atoms with Crippen LogP contribution in [0.3, 0.4) is 0 Å². The van der Waals surface area contributed by atoms with Gasteiger partial charge in [0.2, 0.25) is 11.0 Å². The first-order chi connectivity index (χ1) is 9.04. The van der Waals surface area contributed by atoms with Crippen molar-refractivity contribution in [3.8, 4) is 0 Å². The number of anilines is 1. The molecule has 1 aromatic carbocycles. The molecule has 0 unspecified atom stereocenters. The Bertz CT molecular complexity index is 600. The van der Waals surface area contributed by atoms with Crippen LogP contribution < -0.4 is 5.32 Å². The normalized spacial score (nSPS) is 10.5.